The Kier molecular flexibility index (Phi) is 6.76. The van der Waals surface area contributed by atoms with Crippen LogP contribution in [-0.4, -0.2) is 62.4 Å². The van der Waals surface area contributed by atoms with Crippen molar-refractivity contribution in [1.82, 2.24) is 9.21 Å². The number of sulfonamides is 1. The highest BCUT2D eigenvalue weighted by Crippen LogP contribution is 2.37. The minimum Gasteiger partial charge on any atom is -0.300 e. The fourth-order valence-corrected chi connectivity index (χ4v) is 4.57. The predicted octanol–water partition coefficient (Wildman–Crippen LogP) is 3.39. The van der Waals surface area contributed by atoms with Crippen LogP contribution < -0.4 is 0 Å². The van der Waals surface area contributed by atoms with E-state index in [0.717, 1.165) is 16.6 Å². The molecule has 1 aromatic carbocycles. The molecule has 0 radical (unpaired) electrons. The maximum absolute atomic E-state index is 13.0. The minimum atomic E-state index is -5.10. The number of benzene rings is 1. The molecule has 12 heteroatoms. The van der Waals surface area contributed by atoms with Crippen molar-refractivity contribution < 1.29 is 34.8 Å². The lowest BCUT2D eigenvalue weighted by molar-refractivity contribution is -0.143. The lowest BCUT2D eigenvalue weighted by Crippen LogP contribution is -2.49. The second kappa shape index (κ2) is 8.18. The first-order chi connectivity index (χ1) is 12.4. The molecule has 0 bridgehead atoms. The van der Waals surface area contributed by atoms with Gasteiger partial charge in [0.1, 0.15) is 0 Å². The van der Waals surface area contributed by atoms with Crippen molar-refractivity contribution in [2.24, 2.45) is 0 Å². The second-order valence-corrected chi connectivity index (χ2v) is 8.90. The first kappa shape index (κ1) is 22.3. The molecule has 154 valence electrons. The molecule has 4 nitrogen and oxygen atoms in total. The Bertz CT molecular complexity index is 724. The summed E-state index contributed by atoms with van der Waals surface area (Å²) in [5.41, 5.74) is -3.29. The summed E-state index contributed by atoms with van der Waals surface area (Å²) in [6.07, 6.45) is -8.27. The van der Waals surface area contributed by atoms with Crippen molar-refractivity contribution in [1.29, 1.82) is 0 Å². The van der Waals surface area contributed by atoms with Crippen LogP contribution in [0.25, 0.3) is 0 Å². The summed E-state index contributed by atoms with van der Waals surface area (Å²) in [5, 5.41) is 0. The molecule has 0 aliphatic carbocycles. The summed E-state index contributed by atoms with van der Waals surface area (Å²) in [6, 6.07) is 0.425. The van der Waals surface area contributed by atoms with Crippen molar-refractivity contribution in [3.63, 3.8) is 0 Å². The molecule has 27 heavy (non-hydrogen) atoms. The molecular weight excluding hydrogens is 418 g/mol. The van der Waals surface area contributed by atoms with E-state index in [4.69, 9.17) is 0 Å². The van der Waals surface area contributed by atoms with E-state index in [0.29, 0.717) is 13.1 Å². The van der Waals surface area contributed by atoms with Crippen molar-refractivity contribution >= 4 is 21.8 Å². The molecule has 1 saturated heterocycles. The molecule has 0 aromatic heterocycles. The van der Waals surface area contributed by atoms with E-state index in [1.165, 1.54) is 0 Å². The summed E-state index contributed by atoms with van der Waals surface area (Å²) >= 11 is 1.62. The highest BCUT2D eigenvalue weighted by molar-refractivity contribution is 7.98. The van der Waals surface area contributed by atoms with Gasteiger partial charge >= 0.3 is 12.4 Å². The van der Waals surface area contributed by atoms with Crippen molar-refractivity contribution in [3.05, 3.63) is 29.3 Å². The number of hydrogen-bond donors (Lipinski definition) is 0. The number of thioether (sulfide) groups is 1. The maximum atomic E-state index is 13.0. The maximum Gasteiger partial charge on any atom is 0.416 e. The first-order valence-electron chi connectivity index (χ1n) is 7.86. The molecule has 0 N–H and O–H groups in total. The van der Waals surface area contributed by atoms with Crippen LogP contribution in [0, 0.1) is 0 Å². The quantitative estimate of drug-likeness (QED) is 0.664. The topological polar surface area (TPSA) is 40.6 Å². The van der Waals surface area contributed by atoms with Gasteiger partial charge < -0.3 is 0 Å². The van der Waals surface area contributed by atoms with Gasteiger partial charge in [-0.2, -0.15) is 42.4 Å². The standard InChI is InChI=1S/C15H18F6N2O2S2/c1-26-7-6-22-2-4-23(5-3-22)27(24,25)13-9-11(14(16,17)18)8-12(10-13)15(19,20)21/h8-10H,2-7H2,1H3. The molecule has 2 rings (SSSR count). The smallest absolute Gasteiger partial charge is 0.300 e. The van der Waals surface area contributed by atoms with E-state index < -0.39 is 38.4 Å². The number of rotatable bonds is 5. The Morgan fingerprint density at radius 1 is 0.926 bits per heavy atom. The van der Waals surface area contributed by atoms with Crippen LogP contribution in [0.15, 0.2) is 23.1 Å². The fourth-order valence-electron chi connectivity index (χ4n) is 2.64. The molecule has 0 unspecified atom stereocenters. The van der Waals surface area contributed by atoms with E-state index in [1.807, 2.05) is 11.2 Å². The van der Waals surface area contributed by atoms with E-state index in [2.05, 4.69) is 0 Å². The lowest BCUT2D eigenvalue weighted by atomic mass is 10.1. The van der Waals surface area contributed by atoms with Crippen LogP contribution in [-0.2, 0) is 22.4 Å². The molecule has 1 heterocycles. The largest absolute Gasteiger partial charge is 0.416 e. The summed E-state index contributed by atoms with van der Waals surface area (Å²) in [5.74, 6) is 0.843. The van der Waals surface area contributed by atoms with Gasteiger partial charge in [0.05, 0.1) is 16.0 Å². The monoisotopic (exact) mass is 436 g/mol. The zero-order chi connectivity index (χ0) is 20.5. The molecule has 0 atom stereocenters. The van der Waals surface area contributed by atoms with E-state index in [-0.39, 0.29) is 31.3 Å². The highest BCUT2D eigenvalue weighted by atomic mass is 32.2. The third-order valence-electron chi connectivity index (χ3n) is 4.14. The van der Waals surface area contributed by atoms with Gasteiger partial charge in [-0.15, -0.1) is 0 Å². The SMILES string of the molecule is CSCCN1CCN(S(=O)(=O)c2cc(C(F)(F)F)cc(C(F)(F)F)c2)CC1. The summed E-state index contributed by atoms with van der Waals surface area (Å²) in [6.45, 7) is 1.48. The zero-order valence-electron chi connectivity index (χ0n) is 14.3. The van der Waals surface area contributed by atoms with Gasteiger partial charge in [-0.3, -0.25) is 4.90 Å². The first-order valence-corrected chi connectivity index (χ1v) is 10.7. The molecule has 1 aliphatic heterocycles. The summed E-state index contributed by atoms with van der Waals surface area (Å²) < 4.78 is 104. The van der Waals surface area contributed by atoms with Crippen LogP contribution in [0.2, 0.25) is 0 Å². The van der Waals surface area contributed by atoms with Gasteiger partial charge in [0.15, 0.2) is 0 Å². The third-order valence-corrected chi connectivity index (χ3v) is 6.61. The summed E-state index contributed by atoms with van der Waals surface area (Å²) in [7, 11) is -4.47. The van der Waals surface area contributed by atoms with Gasteiger partial charge in [-0.1, -0.05) is 0 Å². The molecule has 1 aliphatic rings. The Morgan fingerprint density at radius 3 is 1.81 bits per heavy atom. The Balaban J connectivity index is 2.33. The van der Waals surface area contributed by atoms with Gasteiger partial charge in [0.2, 0.25) is 10.0 Å². The van der Waals surface area contributed by atoms with E-state index in [9.17, 15) is 34.8 Å². The van der Waals surface area contributed by atoms with Crippen molar-refractivity contribution in [2.75, 3.05) is 44.7 Å². The van der Waals surface area contributed by atoms with Crippen LogP contribution in [0.5, 0.6) is 0 Å². The van der Waals surface area contributed by atoms with Crippen LogP contribution in [0.1, 0.15) is 11.1 Å². The van der Waals surface area contributed by atoms with Gasteiger partial charge in [0.25, 0.3) is 0 Å². The van der Waals surface area contributed by atoms with Crippen LogP contribution in [0.4, 0.5) is 26.3 Å². The second-order valence-electron chi connectivity index (χ2n) is 5.98. The Morgan fingerprint density at radius 2 is 1.41 bits per heavy atom. The Labute approximate surface area is 157 Å². The summed E-state index contributed by atoms with van der Waals surface area (Å²) in [4.78, 5) is 0.998. The normalized spacial score (nSPS) is 18.0. The Hall–Kier alpha value is -0.980. The molecule has 0 spiro atoms. The lowest BCUT2D eigenvalue weighted by Gasteiger charge is -2.34. The van der Waals surface area contributed by atoms with Gasteiger partial charge in [-0.25, -0.2) is 8.42 Å². The molecule has 0 amide bonds. The number of alkyl halides is 6. The average molecular weight is 436 g/mol. The molecule has 1 aromatic rings. The number of nitrogens with zero attached hydrogens (tertiary/aromatic N) is 2. The molecular formula is C15H18F6N2O2S2. The van der Waals surface area contributed by atoms with Crippen molar-refractivity contribution in [2.45, 2.75) is 17.2 Å². The van der Waals surface area contributed by atoms with Crippen LogP contribution >= 0.6 is 11.8 Å². The zero-order valence-corrected chi connectivity index (χ0v) is 15.9. The minimum absolute atomic E-state index is 0.00824. The predicted molar refractivity (Wildman–Crippen MR) is 90.0 cm³/mol. The number of halogens is 6. The number of hydrogen-bond acceptors (Lipinski definition) is 4. The highest BCUT2D eigenvalue weighted by Gasteiger charge is 2.39. The van der Waals surface area contributed by atoms with Crippen molar-refractivity contribution in [3.8, 4) is 0 Å². The van der Waals surface area contributed by atoms with Crippen LogP contribution in [0.3, 0.4) is 0 Å². The van der Waals surface area contributed by atoms with Gasteiger partial charge in [0, 0.05) is 38.5 Å². The fraction of sp³-hybridized carbons (Fsp3) is 0.600. The van der Waals surface area contributed by atoms with E-state index >= 15 is 0 Å². The molecule has 1 fully saturated rings. The third kappa shape index (κ3) is 5.52. The molecule has 0 saturated carbocycles. The number of piperazine rings is 1. The van der Waals surface area contributed by atoms with E-state index in [1.54, 1.807) is 11.8 Å². The average Bonchev–Trinajstić information content (AvgIpc) is 2.58. The van der Waals surface area contributed by atoms with Gasteiger partial charge in [-0.05, 0) is 24.5 Å².